The normalized spacial score (nSPS) is 13.6. The fourth-order valence-corrected chi connectivity index (χ4v) is 7.14. The highest BCUT2D eigenvalue weighted by Gasteiger charge is 2.21. The maximum absolute atomic E-state index is 12.7. The van der Waals surface area contributed by atoms with Crippen molar-refractivity contribution >= 4 is 19.8 Å². The Hall–Kier alpha value is -1.25. The van der Waals surface area contributed by atoms with E-state index in [9.17, 15) is 19.0 Å². The molecule has 0 aromatic heterocycles. The van der Waals surface area contributed by atoms with Crippen LogP contribution in [0.2, 0.25) is 0 Å². The highest BCUT2D eigenvalue weighted by molar-refractivity contribution is 7.45. The molecule has 0 bridgehead atoms. The van der Waals surface area contributed by atoms with Crippen LogP contribution < -0.4 is 4.89 Å². The molecule has 0 rings (SSSR count). The molecule has 0 fully saturated rings. The van der Waals surface area contributed by atoms with E-state index in [2.05, 4.69) is 26.0 Å². The number of hydrogen-bond donors (Lipinski definition) is 0. The second-order valence-electron chi connectivity index (χ2n) is 16.8. The summed E-state index contributed by atoms with van der Waals surface area (Å²) in [5, 5.41) is 0. The van der Waals surface area contributed by atoms with Crippen molar-refractivity contribution in [2.45, 2.75) is 219 Å². The number of phosphoric acid groups is 1. The van der Waals surface area contributed by atoms with Crippen LogP contribution >= 0.6 is 7.82 Å². The number of nitrogens with zero attached hydrogens (tertiary/aromatic N) is 1. The van der Waals surface area contributed by atoms with Crippen LogP contribution in [0.4, 0.5) is 0 Å². The predicted octanol–water partition coefficient (Wildman–Crippen LogP) is 12.3. The smallest absolute Gasteiger partial charge is 0.306 e. The number of ether oxygens (including phenoxy) is 2. The molecule has 0 radical (unpaired) electrons. The van der Waals surface area contributed by atoms with Gasteiger partial charge in [0.05, 0.1) is 27.7 Å². The molecule has 0 aliphatic heterocycles. The van der Waals surface area contributed by atoms with Crippen molar-refractivity contribution < 1.29 is 42.1 Å². The molecular weight excluding hydrogens is 713 g/mol. The van der Waals surface area contributed by atoms with Gasteiger partial charge in [0.15, 0.2) is 6.10 Å². The van der Waals surface area contributed by atoms with E-state index in [4.69, 9.17) is 18.5 Å². The zero-order valence-electron chi connectivity index (χ0n) is 36.6. The Labute approximate surface area is 339 Å². The number of carbonyl (C=O) groups is 2. The summed E-state index contributed by atoms with van der Waals surface area (Å²) >= 11 is 0. The lowest BCUT2D eigenvalue weighted by Crippen LogP contribution is -2.37. The fraction of sp³-hybridized carbons (Fsp3) is 0.911. The van der Waals surface area contributed by atoms with Gasteiger partial charge in [0.2, 0.25) is 0 Å². The molecule has 0 saturated carbocycles. The molecule has 55 heavy (non-hydrogen) atoms. The first kappa shape index (κ1) is 53.8. The summed E-state index contributed by atoms with van der Waals surface area (Å²) in [6.07, 6.45) is 39.4. The van der Waals surface area contributed by atoms with E-state index in [1.807, 2.05) is 21.1 Å². The minimum atomic E-state index is -4.62. The molecule has 10 heteroatoms. The van der Waals surface area contributed by atoms with E-state index in [-0.39, 0.29) is 32.0 Å². The van der Waals surface area contributed by atoms with Gasteiger partial charge in [-0.05, 0) is 38.5 Å². The number of phosphoric ester groups is 1. The van der Waals surface area contributed by atoms with Crippen molar-refractivity contribution in [3.63, 3.8) is 0 Å². The highest BCUT2D eigenvalue weighted by atomic mass is 31.2. The Kier molecular flexibility index (Phi) is 37.4. The van der Waals surface area contributed by atoms with Crippen molar-refractivity contribution in [1.29, 1.82) is 0 Å². The van der Waals surface area contributed by atoms with Crippen LogP contribution in [-0.2, 0) is 32.7 Å². The van der Waals surface area contributed by atoms with Gasteiger partial charge in [0.1, 0.15) is 19.8 Å². The van der Waals surface area contributed by atoms with E-state index in [1.165, 1.54) is 128 Å². The molecule has 0 spiro atoms. The van der Waals surface area contributed by atoms with Crippen LogP contribution in [-0.4, -0.2) is 70.0 Å². The lowest BCUT2D eigenvalue weighted by molar-refractivity contribution is -0.870. The SMILES string of the molecule is CCCCCCCC/C=C\CCCCCCCC(=O)OC(COC(=O)CCCCCCCCCCCCCCCCCC)COP(=O)([O-])OCC[N+](C)(C)C. The molecule has 2 atom stereocenters. The lowest BCUT2D eigenvalue weighted by Gasteiger charge is -2.28. The second-order valence-corrected chi connectivity index (χ2v) is 18.2. The Balaban J connectivity index is 4.32. The minimum Gasteiger partial charge on any atom is -0.756 e. The highest BCUT2D eigenvalue weighted by Crippen LogP contribution is 2.38. The summed E-state index contributed by atoms with van der Waals surface area (Å²) in [7, 11) is 1.17. The number of hydrogen-bond acceptors (Lipinski definition) is 8. The van der Waals surface area contributed by atoms with Crippen LogP contribution in [0.5, 0.6) is 0 Å². The van der Waals surface area contributed by atoms with Gasteiger partial charge in [-0.1, -0.05) is 174 Å². The molecule has 0 amide bonds. The largest absolute Gasteiger partial charge is 0.756 e. The third-order valence-electron chi connectivity index (χ3n) is 10.0. The summed E-state index contributed by atoms with van der Waals surface area (Å²) in [4.78, 5) is 37.5. The molecule has 326 valence electrons. The molecule has 2 unspecified atom stereocenters. The Bertz CT molecular complexity index is 954. The van der Waals surface area contributed by atoms with E-state index >= 15 is 0 Å². The average Bonchev–Trinajstić information content (AvgIpc) is 3.13. The lowest BCUT2D eigenvalue weighted by atomic mass is 10.0. The molecule has 0 aromatic rings. The standard InChI is InChI=1S/C45H88NO8P/c1-6-8-10-12-14-16-18-20-22-24-25-27-29-31-33-35-37-44(47)51-41-43(42-53-55(49,50)52-40-39-46(3,4)5)54-45(48)38-36-34-32-30-28-26-23-21-19-17-15-13-11-9-7-2/h21,23,43H,6-20,22,24-42H2,1-5H3/b23-21-. The first-order chi connectivity index (χ1) is 26.5. The molecule has 0 N–H and O–H groups in total. The van der Waals surface area contributed by atoms with Gasteiger partial charge in [0.25, 0.3) is 7.82 Å². The maximum atomic E-state index is 12.7. The first-order valence-corrected chi connectivity index (χ1v) is 24.4. The Morgan fingerprint density at radius 3 is 1.35 bits per heavy atom. The van der Waals surface area contributed by atoms with Gasteiger partial charge in [-0.3, -0.25) is 14.2 Å². The maximum Gasteiger partial charge on any atom is 0.306 e. The van der Waals surface area contributed by atoms with Crippen LogP contribution in [0.3, 0.4) is 0 Å². The summed E-state index contributed by atoms with van der Waals surface area (Å²) in [5.74, 6) is -0.833. The molecule has 0 aliphatic carbocycles. The van der Waals surface area contributed by atoms with Gasteiger partial charge in [0, 0.05) is 12.8 Å². The number of quaternary nitrogens is 1. The molecule has 0 aromatic carbocycles. The number of rotatable bonds is 42. The van der Waals surface area contributed by atoms with Crippen LogP contribution in [0, 0.1) is 0 Å². The van der Waals surface area contributed by atoms with Crippen molar-refractivity contribution in [1.82, 2.24) is 0 Å². The van der Waals surface area contributed by atoms with E-state index in [1.54, 1.807) is 0 Å². The van der Waals surface area contributed by atoms with Crippen LogP contribution in [0.1, 0.15) is 213 Å². The number of esters is 2. The summed E-state index contributed by atoms with van der Waals surface area (Å²) in [5.41, 5.74) is 0. The van der Waals surface area contributed by atoms with Crippen LogP contribution in [0.25, 0.3) is 0 Å². The fourth-order valence-electron chi connectivity index (χ4n) is 6.41. The molecule has 9 nitrogen and oxygen atoms in total. The summed E-state index contributed by atoms with van der Waals surface area (Å²) in [6, 6.07) is 0. The quantitative estimate of drug-likeness (QED) is 0.0197. The van der Waals surface area contributed by atoms with Crippen molar-refractivity contribution in [2.24, 2.45) is 0 Å². The molecule has 0 saturated heterocycles. The third kappa shape index (κ3) is 42.2. The van der Waals surface area contributed by atoms with E-state index in [0.717, 1.165) is 51.4 Å². The second kappa shape index (κ2) is 38.3. The van der Waals surface area contributed by atoms with Gasteiger partial charge >= 0.3 is 11.9 Å². The Morgan fingerprint density at radius 1 is 0.545 bits per heavy atom. The van der Waals surface area contributed by atoms with Gasteiger partial charge in [-0.25, -0.2) is 0 Å². The summed E-state index contributed by atoms with van der Waals surface area (Å²) in [6.45, 7) is 4.24. The van der Waals surface area contributed by atoms with Crippen LogP contribution in [0.15, 0.2) is 12.2 Å². The number of likely N-dealkylation sites (N-methyl/N-ethyl adjacent to an activating group) is 1. The van der Waals surface area contributed by atoms with Crippen molar-refractivity contribution in [3.8, 4) is 0 Å². The van der Waals surface area contributed by atoms with E-state index < -0.39 is 26.5 Å². The number of carbonyl (C=O) groups excluding carboxylic acids is 2. The zero-order valence-corrected chi connectivity index (χ0v) is 37.5. The molecule has 0 heterocycles. The summed E-state index contributed by atoms with van der Waals surface area (Å²) < 4.78 is 33.9. The first-order valence-electron chi connectivity index (χ1n) is 22.9. The number of unbranched alkanes of at least 4 members (excludes halogenated alkanes) is 26. The Morgan fingerprint density at radius 2 is 0.927 bits per heavy atom. The van der Waals surface area contributed by atoms with Gasteiger partial charge in [-0.15, -0.1) is 0 Å². The monoisotopic (exact) mass is 802 g/mol. The van der Waals surface area contributed by atoms with Crippen molar-refractivity contribution in [3.05, 3.63) is 12.2 Å². The topological polar surface area (TPSA) is 111 Å². The third-order valence-corrected chi connectivity index (χ3v) is 11.0. The van der Waals surface area contributed by atoms with Crippen molar-refractivity contribution in [2.75, 3.05) is 47.5 Å². The van der Waals surface area contributed by atoms with E-state index in [0.29, 0.717) is 17.4 Å². The number of allylic oxidation sites excluding steroid dienone is 2. The zero-order chi connectivity index (χ0) is 40.7. The molecule has 0 aliphatic rings. The molecular formula is C45H88NO8P. The average molecular weight is 802 g/mol. The van der Waals surface area contributed by atoms with Gasteiger partial charge < -0.3 is 27.9 Å². The minimum absolute atomic E-state index is 0.0293. The van der Waals surface area contributed by atoms with Gasteiger partial charge in [-0.2, -0.15) is 0 Å². The predicted molar refractivity (Wildman–Crippen MR) is 227 cm³/mol.